The number of amides is 1. The fraction of sp³-hybridized carbons (Fsp3) is 0.208. The summed E-state index contributed by atoms with van der Waals surface area (Å²) in [4.78, 5) is 12.7. The van der Waals surface area contributed by atoms with Gasteiger partial charge in [0, 0.05) is 0 Å². The summed E-state index contributed by atoms with van der Waals surface area (Å²) >= 11 is 0. The molecule has 0 aliphatic rings. The van der Waals surface area contributed by atoms with Crippen molar-refractivity contribution in [3.63, 3.8) is 0 Å². The minimum absolute atomic E-state index is 0.0720. The van der Waals surface area contributed by atoms with E-state index in [2.05, 4.69) is 5.32 Å². The van der Waals surface area contributed by atoms with Gasteiger partial charge in [-0.1, -0.05) is 30.3 Å². The average molecular weight is 455 g/mol. The van der Waals surface area contributed by atoms with Crippen LogP contribution in [-0.2, 0) is 14.8 Å². The van der Waals surface area contributed by atoms with Crippen LogP contribution in [0.5, 0.6) is 17.2 Å². The number of carbonyl (C=O) groups is 1. The van der Waals surface area contributed by atoms with Crippen LogP contribution in [0.1, 0.15) is 13.8 Å². The molecular weight excluding hydrogens is 428 g/mol. The minimum Gasteiger partial charge on any atom is -0.489 e. The lowest BCUT2D eigenvalue weighted by atomic mass is 10.2. The molecule has 0 aromatic heterocycles. The van der Waals surface area contributed by atoms with Crippen molar-refractivity contribution in [1.29, 1.82) is 0 Å². The van der Waals surface area contributed by atoms with E-state index < -0.39 is 15.9 Å². The third kappa shape index (κ3) is 6.49. The van der Waals surface area contributed by atoms with Crippen molar-refractivity contribution in [3.8, 4) is 17.2 Å². The van der Waals surface area contributed by atoms with Gasteiger partial charge in [0.2, 0.25) is 15.9 Å². The monoisotopic (exact) mass is 454 g/mol. The number of anilines is 2. The Morgan fingerprint density at radius 2 is 1.50 bits per heavy atom. The molecule has 8 heteroatoms. The average Bonchev–Trinajstić information content (AvgIpc) is 2.74. The van der Waals surface area contributed by atoms with Crippen molar-refractivity contribution in [2.75, 3.05) is 22.4 Å². The standard InChI is InChI=1S/C24H26N2O5S/c1-18(2)30-23-12-8-7-11-22(23)25-24(27)17-26(32(3,28)29)19-13-15-21(16-14-19)31-20-9-5-4-6-10-20/h4-16,18H,17H2,1-3H3,(H,25,27). The van der Waals surface area contributed by atoms with E-state index in [1.165, 1.54) is 0 Å². The Morgan fingerprint density at radius 1 is 0.906 bits per heavy atom. The molecule has 0 spiro atoms. The highest BCUT2D eigenvalue weighted by molar-refractivity contribution is 7.92. The molecule has 168 valence electrons. The maximum absolute atomic E-state index is 12.7. The number of nitrogens with zero attached hydrogens (tertiary/aromatic N) is 1. The van der Waals surface area contributed by atoms with Crippen LogP contribution >= 0.6 is 0 Å². The Hall–Kier alpha value is -3.52. The predicted octanol–water partition coefficient (Wildman–Crippen LogP) is 4.67. The molecule has 0 radical (unpaired) electrons. The first kappa shape index (κ1) is 23.1. The summed E-state index contributed by atoms with van der Waals surface area (Å²) in [6, 6.07) is 22.8. The largest absolute Gasteiger partial charge is 0.489 e. The molecule has 3 rings (SSSR count). The highest BCUT2D eigenvalue weighted by atomic mass is 32.2. The first-order chi connectivity index (χ1) is 15.2. The second kappa shape index (κ2) is 10.2. The molecule has 3 aromatic carbocycles. The van der Waals surface area contributed by atoms with Crippen molar-refractivity contribution in [2.24, 2.45) is 0 Å². The molecule has 0 aliphatic heterocycles. The van der Waals surface area contributed by atoms with Gasteiger partial charge < -0.3 is 14.8 Å². The fourth-order valence-corrected chi connectivity index (χ4v) is 3.81. The van der Waals surface area contributed by atoms with Gasteiger partial charge in [0.05, 0.1) is 23.7 Å². The topological polar surface area (TPSA) is 84.9 Å². The summed E-state index contributed by atoms with van der Waals surface area (Å²) in [6.07, 6.45) is 0.988. The summed E-state index contributed by atoms with van der Waals surface area (Å²) in [5.41, 5.74) is 0.834. The van der Waals surface area contributed by atoms with Crippen LogP contribution in [0.15, 0.2) is 78.9 Å². The minimum atomic E-state index is -3.71. The van der Waals surface area contributed by atoms with Gasteiger partial charge in [0.1, 0.15) is 23.8 Å². The summed E-state index contributed by atoms with van der Waals surface area (Å²) in [6.45, 7) is 3.39. The van der Waals surface area contributed by atoms with Crippen molar-refractivity contribution in [3.05, 3.63) is 78.9 Å². The van der Waals surface area contributed by atoms with Gasteiger partial charge >= 0.3 is 0 Å². The number of hydrogen-bond donors (Lipinski definition) is 1. The zero-order chi connectivity index (χ0) is 23.1. The normalized spacial score (nSPS) is 11.1. The molecule has 0 saturated heterocycles. The van der Waals surface area contributed by atoms with Crippen molar-refractivity contribution in [1.82, 2.24) is 0 Å². The Kier molecular flexibility index (Phi) is 7.37. The van der Waals surface area contributed by atoms with E-state index in [0.29, 0.717) is 28.6 Å². The van der Waals surface area contributed by atoms with Crippen LogP contribution in [0, 0.1) is 0 Å². The third-order valence-electron chi connectivity index (χ3n) is 4.31. The summed E-state index contributed by atoms with van der Waals surface area (Å²) < 4.78 is 37.3. The highest BCUT2D eigenvalue weighted by Crippen LogP contribution is 2.27. The van der Waals surface area contributed by atoms with Crippen LogP contribution < -0.4 is 19.1 Å². The number of nitrogens with one attached hydrogen (secondary N) is 1. The summed E-state index contributed by atoms with van der Waals surface area (Å²) in [7, 11) is -3.71. The Labute approximate surface area is 188 Å². The number of sulfonamides is 1. The number of carbonyl (C=O) groups excluding carboxylic acids is 1. The molecule has 0 heterocycles. The van der Waals surface area contributed by atoms with Gasteiger partial charge in [-0.15, -0.1) is 0 Å². The van der Waals surface area contributed by atoms with Gasteiger partial charge in [0.25, 0.3) is 0 Å². The van der Waals surface area contributed by atoms with Crippen LogP contribution in [0.4, 0.5) is 11.4 Å². The molecule has 0 bridgehead atoms. The van der Waals surface area contributed by atoms with Crippen molar-refractivity contribution >= 4 is 27.3 Å². The fourth-order valence-electron chi connectivity index (χ4n) is 2.95. The summed E-state index contributed by atoms with van der Waals surface area (Å²) in [5, 5.41) is 2.74. The lowest BCUT2D eigenvalue weighted by molar-refractivity contribution is -0.114. The Bertz CT molecular complexity index is 1150. The second-order valence-corrected chi connectivity index (χ2v) is 9.30. The lowest BCUT2D eigenvalue weighted by Crippen LogP contribution is -2.37. The molecule has 3 aromatic rings. The SMILES string of the molecule is CC(C)Oc1ccccc1NC(=O)CN(c1ccc(Oc2ccccc2)cc1)S(C)(=O)=O. The van der Waals surface area contributed by atoms with Crippen molar-refractivity contribution in [2.45, 2.75) is 20.0 Å². The van der Waals surface area contributed by atoms with Gasteiger partial charge in [-0.2, -0.15) is 0 Å². The van der Waals surface area contributed by atoms with E-state index in [1.54, 1.807) is 48.5 Å². The maximum Gasteiger partial charge on any atom is 0.245 e. The molecule has 7 nitrogen and oxygen atoms in total. The number of para-hydroxylation sites is 3. The number of ether oxygens (including phenoxy) is 2. The van der Waals surface area contributed by atoms with Crippen LogP contribution in [-0.4, -0.2) is 33.2 Å². The number of benzene rings is 3. The highest BCUT2D eigenvalue weighted by Gasteiger charge is 2.21. The molecule has 32 heavy (non-hydrogen) atoms. The molecule has 0 unspecified atom stereocenters. The van der Waals surface area contributed by atoms with E-state index >= 15 is 0 Å². The third-order valence-corrected chi connectivity index (χ3v) is 5.46. The molecule has 1 amide bonds. The zero-order valence-electron chi connectivity index (χ0n) is 18.2. The van der Waals surface area contributed by atoms with Gasteiger partial charge in [-0.3, -0.25) is 9.10 Å². The molecular formula is C24H26N2O5S. The van der Waals surface area contributed by atoms with Gasteiger partial charge in [-0.05, 0) is 62.4 Å². The maximum atomic E-state index is 12.7. The smallest absolute Gasteiger partial charge is 0.245 e. The predicted molar refractivity (Wildman–Crippen MR) is 126 cm³/mol. The van der Waals surface area contributed by atoms with Gasteiger partial charge in [-0.25, -0.2) is 8.42 Å². The Balaban J connectivity index is 1.74. The van der Waals surface area contributed by atoms with E-state index in [1.807, 2.05) is 44.2 Å². The van der Waals surface area contributed by atoms with Gasteiger partial charge in [0.15, 0.2) is 0 Å². The van der Waals surface area contributed by atoms with E-state index in [-0.39, 0.29) is 12.6 Å². The molecule has 0 fully saturated rings. The van der Waals surface area contributed by atoms with E-state index in [4.69, 9.17) is 9.47 Å². The quantitative estimate of drug-likeness (QED) is 0.508. The number of hydrogen-bond acceptors (Lipinski definition) is 5. The van der Waals surface area contributed by atoms with Crippen LogP contribution in [0.3, 0.4) is 0 Å². The number of rotatable bonds is 9. The lowest BCUT2D eigenvalue weighted by Gasteiger charge is -2.22. The molecule has 0 saturated carbocycles. The second-order valence-electron chi connectivity index (χ2n) is 7.39. The first-order valence-corrected chi connectivity index (χ1v) is 11.9. The summed E-state index contributed by atoms with van der Waals surface area (Å²) in [5.74, 6) is 1.25. The van der Waals surface area contributed by atoms with E-state index in [0.717, 1.165) is 10.6 Å². The molecule has 0 atom stereocenters. The molecule has 0 aliphatic carbocycles. The first-order valence-electron chi connectivity index (χ1n) is 10.1. The zero-order valence-corrected chi connectivity index (χ0v) is 19.0. The molecule has 1 N–H and O–H groups in total. The van der Waals surface area contributed by atoms with Crippen LogP contribution in [0.25, 0.3) is 0 Å². The van der Waals surface area contributed by atoms with Crippen molar-refractivity contribution < 1.29 is 22.7 Å². The van der Waals surface area contributed by atoms with Crippen LogP contribution in [0.2, 0.25) is 0 Å². The Morgan fingerprint density at radius 3 is 2.12 bits per heavy atom. The van der Waals surface area contributed by atoms with E-state index in [9.17, 15) is 13.2 Å².